The van der Waals surface area contributed by atoms with Gasteiger partial charge in [0.05, 0.1) is 28.4 Å². The van der Waals surface area contributed by atoms with E-state index in [2.05, 4.69) is 0 Å². The lowest BCUT2D eigenvalue weighted by atomic mass is 10.0. The zero-order valence-electron chi connectivity index (χ0n) is 32.2. The minimum absolute atomic E-state index is 0.0964. The van der Waals surface area contributed by atoms with Gasteiger partial charge in [-0.3, -0.25) is 0 Å². The second kappa shape index (κ2) is 18.0. The van der Waals surface area contributed by atoms with Gasteiger partial charge in [-0.05, 0) is 66.2 Å². The van der Waals surface area contributed by atoms with E-state index in [4.69, 9.17) is 28.4 Å². The van der Waals surface area contributed by atoms with Crippen LogP contribution in [0.4, 0.5) is 0 Å². The maximum absolute atomic E-state index is 13.4. The van der Waals surface area contributed by atoms with E-state index in [1.54, 1.807) is 0 Å². The van der Waals surface area contributed by atoms with Crippen molar-refractivity contribution in [1.82, 2.24) is 0 Å². The Hall–Kier alpha value is -8.86. The average Bonchev–Trinajstić information content (AvgIpc) is 3.24. The van der Waals surface area contributed by atoms with Crippen molar-refractivity contribution in [2.45, 2.75) is 37.9 Å². The van der Waals surface area contributed by atoms with E-state index < -0.39 is 171 Å². The molecule has 1 saturated heterocycles. The number of carbonyl (C=O) groups is 4. The molecular formula is C41H34O23. The van der Waals surface area contributed by atoms with Crippen LogP contribution in [0.2, 0.25) is 0 Å². The molecule has 13 N–H and O–H groups in total. The fourth-order valence-corrected chi connectivity index (χ4v) is 5.99. The predicted octanol–water partition coefficient (Wildman–Crippen LogP) is 3.40. The smallest absolute Gasteiger partial charge is 0.343 e. The van der Waals surface area contributed by atoms with Crippen molar-refractivity contribution in [2.24, 2.45) is 0 Å². The second-order valence-electron chi connectivity index (χ2n) is 13.8. The van der Waals surface area contributed by atoms with Crippen molar-refractivity contribution in [3.8, 4) is 86.2 Å². The van der Waals surface area contributed by atoms with Crippen molar-refractivity contribution >= 4 is 23.9 Å². The van der Waals surface area contributed by atoms with Crippen LogP contribution >= 0.6 is 0 Å². The van der Waals surface area contributed by atoms with E-state index >= 15 is 0 Å². The zero-order valence-corrected chi connectivity index (χ0v) is 32.2. The van der Waals surface area contributed by atoms with Crippen LogP contribution in [0.3, 0.4) is 0 Å². The number of hydrogen-bond donors (Lipinski definition) is 13. The van der Waals surface area contributed by atoms with Crippen LogP contribution in [0.25, 0.3) is 0 Å². The molecular weight excluding hydrogens is 860 g/mol. The molecule has 0 aliphatic carbocycles. The summed E-state index contributed by atoms with van der Waals surface area (Å²) in [7, 11) is 0. The lowest BCUT2D eigenvalue weighted by Crippen LogP contribution is -2.42. The molecule has 0 unspecified atom stereocenters. The Bertz CT molecular complexity index is 2600. The molecule has 0 saturated carbocycles. The molecule has 6 rings (SSSR count). The summed E-state index contributed by atoms with van der Waals surface area (Å²) in [6.07, 6.45) is -4.88. The molecule has 0 aromatic heterocycles. The van der Waals surface area contributed by atoms with Gasteiger partial charge in [-0.15, -0.1) is 0 Å². The summed E-state index contributed by atoms with van der Waals surface area (Å²) in [5, 5.41) is 129. The van der Waals surface area contributed by atoms with Crippen molar-refractivity contribution in [3.05, 3.63) is 88.5 Å². The van der Waals surface area contributed by atoms with Crippen LogP contribution in [-0.2, 0) is 25.6 Å². The number of benzene rings is 5. The Balaban J connectivity index is 1.19. The second-order valence-corrected chi connectivity index (χ2v) is 13.8. The van der Waals surface area contributed by atoms with E-state index in [0.717, 1.165) is 42.5 Å². The Kier molecular flexibility index (Phi) is 12.6. The highest BCUT2D eigenvalue weighted by molar-refractivity contribution is 5.95. The largest absolute Gasteiger partial charge is 0.504 e. The van der Waals surface area contributed by atoms with Gasteiger partial charge in [0.25, 0.3) is 0 Å². The third-order valence-corrected chi connectivity index (χ3v) is 9.16. The van der Waals surface area contributed by atoms with Crippen LogP contribution in [0.15, 0.2) is 60.7 Å². The van der Waals surface area contributed by atoms with Gasteiger partial charge in [0.15, 0.2) is 74.7 Å². The SMILES string of the molecule is O=C(OC[C@@H]1C[C@H](OC(=O)c2cc(O)c(O)c(O)c2)C[C@H](OC(=O)c2cc(O)c(O)c(OC(=O)c3cc(O)c(O)c(O)c3)c2)O1)c1cc(O)c(O)c(OCc2cc(O)c(O)c(O)c2)c1. The number of phenolic OH excluding ortho intramolecular Hbond substituents is 13. The monoisotopic (exact) mass is 894 g/mol. The molecule has 23 nitrogen and oxygen atoms in total. The van der Waals surface area contributed by atoms with Crippen LogP contribution in [0, 0.1) is 0 Å². The van der Waals surface area contributed by atoms with Crippen LogP contribution in [0.5, 0.6) is 86.2 Å². The molecule has 64 heavy (non-hydrogen) atoms. The number of carbonyl (C=O) groups excluding carboxylic acids is 4. The van der Waals surface area contributed by atoms with Crippen molar-refractivity contribution in [3.63, 3.8) is 0 Å². The highest BCUT2D eigenvalue weighted by Crippen LogP contribution is 2.42. The number of hydrogen-bond acceptors (Lipinski definition) is 23. The molecule has 0 spiro atoms. The van der Waals surface area contributed by atoms with E-state index in [-0.39, 0.29) is 12.0 Å². The van der Waals surface area contributed by atoms with Gasteiger partial charge in [0, 0.05) is 12.8 Å². The molecule has 336 valence electrons. The molecule has 0 bridgehead atoms. The maximum atomic E-state index is 13.4. The summed E-state index contributed by atoms with van der Waals surface area (Å²) < 4.78 is 32.5. The van der Waals surface area contributed by atoms with E-state index in [9.17, 15) is 85.6 Å². The lowest BCUT2D eigenvalue weighted by Gasteiger charge is -2.34. The highest BCUT2D eigenvalue weighted by atomic mass is 16.7. The third-order valence-electron chi connectivity index (χ3n) is 9.16. The van der Waals surface area contributed by atoms with E-state index in [0.29, 0.717) is 18.2 Å². The van der Waals surface area contributed by atoms with E-state index in [1.807, 2.05) is 0 Å². The molecule has 0 amide bonds. The van der Waals surface area contributed by atoms with Gasteiger partial charge in [-0.25, -0.2) is 19.2 Å². The summed E-state index contributed by atoms with van der Waals surface area (Å²) in [6, 6.07) is 8.30. The van der Waals surface area contributed by atoms with Gasteiger partial charge in [-0.1, -0.05) is 0 Å². The Morgan fingerprint density at radius 2 is 0.875 bits per heavy atom. The van der Waals surface area contributed by atoms with Crippen molar-refractivity contribution < 1.29 is 114 Å². The fourth-order valence-electron chi connectivity index (χ4n) is 5.99. The summed E-state index contributed by atoms with van der Waals surface area (Å²) in [5.41, 5.74) is -1.83. The summed E-state index contributed by atoms with van der Waals surface area (Å²) in [6.45, 7) is -1.13. The fraction of sp³-hybridized carbons (Fsp3) is 0.171. The van der Waals surface area contributed by atoms with Crippen LogP contribution in [0.1, 0.15) is 59.8 Å². The first-order valence-electron chi connectivity index (χ1n) is 18.1. The zero-order chi connectivity index (χ0) is 46.7. The van der Waals surface area contributed by atoms with Gasteiger partial charge < -0.3 is 94.8 Å². The first kappa shape index (κ1) is 44.7. The Morgan fingerprint density at radius 1 is 0.469 bits per heavy atom. The molecule has 1 aliphatic rings. The summed E-state index contributed by atoms with van der Waals surface area (Å²) in [5.74, 6) is -17.5. The van der Waals surface area contributed by atoms with Gasteiger partial charge >= 0.3 is 23.9 Å². The van der Waals surface area contributed by atoms with Gasteiger partial charge in [0.2, 0.25) is 17.8 Å². The average molecular weight is 895 g/mol. The first-order valence-corrected chi connectivity index (χ1v) is 18.1. The van der Waals surface area contributed by atoms with Crippen LogP contribution < -0.4 is 9.47 Å². The summed E-state index contributed by atoms with van der Waals surface area (Å²) in [4.78, 5) is 52.5. The van der Waals surface area contributed by atoms with E-state index in [1.165, 1.54) is 0 Å². The molecule has 5 aromatic rings. The minimum Gasteiger partial charge on any atom is -0.504 e. The number of phenols is 13. The van der Waals surface area contributed by atoms with Crippen molar-refractivity contribution in [2.75, 3.05) is 6.61 Å². The number of esters is 4. The molecule has 23 heteroatoms. The lowest BCUT2D eigenvalue weighted by molar-refractivity contribution is -0.198. The van der Waals surface area contributed by atoms with Gasteiger partial charge in [-0.2, -0.15) is 0 Å². The number of rotatable bonds is 12. The number of aromatic hydroxyl groups is 13. The highest BCUT2D eigenvalue weighted by Gasteiger charge is 2.36. The Morgan fingerprint density at radius 3 is 1.41 bits per heavy atom. The molecule has 5 aromatic carbocycles. The van der Waals surface area contributed by atoms with Crippen molar-refractivity contribution in [1.29, 1.82) is 0 Å². The number of ether oxygens (including phenoxy) is 6. The molecule has 1 fully saturated rings. The first-order chi connectivity index (χ1) is 30.2. The van der Waals surface area contributed by atoms with Gasteiger partial charge in [0.1, 0.15) is 19.3 Å². The molecule has 1 aliphatic heterocycles. The molecule has 0 radical (unpaired) electrons. The third kappa shape index (κ3) is 9.84. The topological polar surface area (TPSA) is 387 Å². The quantitative estimate of drug-likeness (QED) is 0.0369. The predicted molar refractivity (Wildman–Crippen MR) is 206 cm³/mol. The minimum atomic E-state index is -1.66. The standard InChI is InChI=1S/C41H34O23/c42-22-1-15(2-23(43)33(22)50)13-59-30-9-18(7-28(48)36(30)53)38(55)60-14-21-11-20(62-39(56)16-3-24(44)34(51)25(45)4-16)12-32(61-21)64-41(58)19-8-29(49)37(54)31(10-19)63-40(57)17-5-26(46)35(52)27(47)6-17/h1-10,20-21,32,42-54H,11-14H2/t20-,21-,32-/m0/s1. The molecule has 3 atom stereocenters. The summed E-state index contributed by atoms with van der Waals surface area (Å²) >= 11 is 0. The molecule has 1 heterocycles. The van der Waals surface area contributed by atoms with Crippen LogP contribution in [-0.4, -0.2) is 115 Å². The maximum Gasteiger partial charge on any atom is 0.343 e. The Labute approximate surface area is 356 Å². The normalized spacial score (nSPS) is 15.7.